The molecule has 1 heterocycles. The molecule has 4 rings (SSSR count). The highest BCUT2D eigenvalue weighted by Gasteiger charge is 2.21. The van der Waals surface area contributed by atoms with E-state index in [1.165, 1.54) is 11.6 Å². The van der Waals surface area contributed by atoms with Gasteiger partial charge in [-0.1, -0.05) is 41.9 Å². The number of halogens is 1. The average molecular weight is 374 g/mol. The van der Waals surface area contributed by atoms with Crippen molar-refractivity contribution in [2.45, 2.75) is 17.9 Å². The predicted octanol–water partition coefficient (Wildman–Crippen LogP) is 3.91. The molecule has 1 aliphatic rings. The molecule has 3 aromatic carbocycles. The maximum Gasteiger partial charge on any atom is 0.339 e. The molecule has 6 heteroatoms. The van der Waals surface area contributed by atoms with Gasteiger partial charge in [-0.05, 0) is 48.4 Å². The second-order valence-electron chi connectivity index (χ2n) is 5.99. The second-order valence-corrected chi connectivity index (χ2v) is 7.91. The zero-order chi connectivity index (χ0) is 17.4. The minimum Gasteiger partial charge on any atom is -0.379 e. The van der Waals surface area contributed by atoms with Crippen LogP contribution in [-0.2, 0) is 23.1 Å². The summed E-state index contributed by atoms with van der Waals surface area (Å²) in [6, 6.07) is 15.6. The lowest BCUT2D eigenvalue weighted by Gasteiger charge is -2.18. The molecular formula is C19H16ClNO3S. The molecule has 0 bridgehead atoms. The molecule has 0 aromatic heterocycles. The lowest BCUT2D eigenvalue weighted by molar-refractivity contribution is 0.486. The zero-order valence-corrected chi connectivity index (χ0v) is 14.9. The van der Waals surface area contributed by atoms with Crippen molar-refractivity contribution in [2.24, 2.45) is 0 Å². The standard InChI is InChI=1S/C19H16ClNO3S/c20-18-5-1-4-17-16(18)3-2-6-19(17)25(22,23)24-15-8-7-14-12-21-10-9-13(14)11-15/h1-8,11,21H,9-10,12H2. The van der Waals surface area contributed by atoms with E-state index in [1.54, 1.807) is 36.4 Å². The van der Waals surface area contributed by atoms with E-state index in [4.69, 9.17) is 15.8 Å². The molecule has 0 radical (unpaired) electrons. The fourth-order valence-electron chi connectivity index (χ4n) is 3.14. The Morgan fingerprint density at radius 2 is 1.76 bits per heavy atom. The average Bonchev–Trinajstić information content (AvgIpc) is 2.61. The van der Waals surface area contributed by atoms with Crippen LogP contribution in [0.2, 0.25) is 5.02 Å². The minimum absolute atomic E-state index is 0.117. The molecule has 0 spiro atoms. The van der Waals surface area contributed by atoms with E-state index < -0.39 is 10.1 Å². The Hall–Kier alpha value is -2.08. The lowest BCUT2D eigenvalue weighted by atomic mass is 10.0. The molecule has 1 aliphatic heterocycles. The molecule has 128 valence electrons. The Morgan fingerprint density at radius 3 is 2.64 bits per heavy atom. The van der Waals surface area contributed by atoms with Crippen LogP contribution < -0.4 is 9.50 Å². The first kappa shape index (κ1) is 16.4. The monoisotopic (exact) mass is 373 g/mol. The van der Waals surface area contributed by atoms with Crippen LogP contribution in [0, 0.1) is 0 Å². The fourth-order valence-corrected chi connectivity index (χ4v) is 4.51. The van der Waals surface area contributed by atoms with Crippen molar-refractivity contribution in [2.75, 3.05) is 6.54 Å². The molecule has 25 heavy (non-hydrogen) atoms. The van der Waals surface area contributed by atoms with Crippen LogP contribution in [0.3, 0.4) is 0 Å². The van der Waals surface area contributed by atoms with Gasteiger partial charge in [0, 0.05) is 22.3 Å². The van der Waals surface area contributed by atoms with Crippen molar-refractivity contribution in [1.29, 1.82) is 0 Å². The van der Waals surface area contributed by atoms with Crippen LogP contribution in [-0.4, -0.2) is 15.0 Å². The van der Waals surface area contributed by atoms with Gasteiger partial charge in [0.15, 0.2) is 0 Å². The summed E-state index contributed by atoms with van der Waals surface area (Å²) in [6.45, 7) is 1.68. The molecule has 4 nitrogen and oxygen atoms in total. The number of benzene rings is 3. The van der Waals surface area contributed by atoms with Gasteiger partial charge < -0.3 is 9.50 Å². The Labute approximate surface area is 151 Å². The van der Waals surface area contributed by atoms with E-state index in [0.717, 1.165) is 25.1 Å². The largest absolute Gasteiger partial charge is 0.379 e. The van der Waals surface area contributed by atoms with Gasteiger partial charge in [0.25, 0.3) is 0 Å². The van der Waals surface area contributed by atoms with Crippen LogP contribution >= 0.6 is 11.6 Å². The fraction of sp³-hybridized carbons (Fsp3) is 0.158. The molecule has 0 amide bonds. The number of hydrogen-bond acceptors (Lipinski definition) is 4. The topological polar surface area (TPSA) is 55.4 Å². The van der Waals surface area contributed by atoms with E-state index in [2.05, 4.69) is 5.32 Å². The molecule has 3 aromatic rings. The van der Waals surface area contributed by atoms with Gasteiger partial charge in [-0.2, -0.15) is 8.42 Å². The summed E-state index contributed by atoms with van der Waals surface area (Å²) < 4.78 is 31.0. The maximum atomic E-state index is 12.8. The van der Waals surface area contributed by atoms with Crippen LogP contribution in [0.25, 0.3) is 10.8 Å². The van der Waals surface area contributed by atoms with Gasteiger partial charge in [0.05, 0.1) is 0 Å². The summed E-state index contributed by atoms with van der Waals surface area (Å²) in [4.78, 5) is 0.117. The van der Waals surface area contributed by atoms with Crippen molar-refractivity contribution < 1.29 is 12.6 Å². The minimum atomic E-state index is -3.96. The lowest BCUT2D eigenvalue weighted by Crippen LogP contribution is -2.23. The Bertz CT molecular complexity index is 1060. The summed E-state index contributed by atoms with van der Waals surface area (Å²) in [5.41, 5.74) is 2.29. The molecule has 0 aliphatic carbocycles. The SMILES string of the molecule is O=S(=O)(Oc1ccc2c(c1)CCNC2)c1cccc2c(Cl)cccc12. The van der Waals surface area contributed by atoms with Crippen molar-refractivity contribution in [3.63, 3.8) is 0 Å². The highest BCUT2D eigenvalue weighted by Crippen LogP contribution is 2.31. The van der Waals surface area contributed by atoms with Gasteiger partial charge in [0.2, 0.25) is 0 Å². The first-order valence-electron chi connectivity index (χ1n) is 7.99. The molecule has 0 saturated carbocycles. The summed E-state index contributed by atoms with van der Waals surface area (Å²) in [7, 11) is -3.96. The summed E-state index contributed by atoms with van der Waals surface area (Å²) >= 11 is 6.18. The number of nitrogens with one attached hydrogen (secondary N) is 1. The van der Waals surface area contributed by atoms with Gasteiger partial charge in [-0.25, -0.2) is 0 Å². The Morgan fingerprint density at radius 1 is 0.960 bits per heavy atom. The third-order valence-electron chi connectivity index (χ3n) is 4.37. The molecule has 0 unspecified atom stereocenters. The highest BCUT2D eigenvalue weighted by molar-refractivity contribution is 7.87. The molecular weight excluding hydrogens is 358 g/mol. The maximum absolute atomic E-state index is 12.8. The normalized spacial score (nSPS) is 14.3. The van der Waals surface area contributed by atoms with Crippen molar-refractivity contribution in [1.82, 2.24) is 5.32 Å². The van der Waals surface area contributed by atoms with Gasteiger partial charge >= 0.3 is 10.1 Å². The first-order valence-corrected chi connectivity index (χ1v) is 9.77. The predicted molar refractivity (Wildman–Crippen MR) is 98.6 cm³/mol. The van der Waals surface area contributed by atoms with Crippen LogP contribution in [0.15, 0.2) is 59.5 Å². The highest BCUT2D eigenvalue weighted by atomic mass is 35.5. The summed E-state index contributed by atoms with van der Waals surface area (Å²) in [6.07, 6.45) is 0.858. The smallest absolute Gasteiger partial charge is 0.339 e. The Balaban J connectivity index is 1.75. The third kappa shape index (κ3) is 3.11. The van der Waals surface area contributed by atoms with Gasteiger partial charge in [-0.3, -0.25) is 0 Å². The summed E-state index contributed by atoms with van der Waals surface area (Å²) in [5.74, 6) is 0.333. The van der Waals surface area contributed by atoms with E-state index in [0.29, 0.717) is 21.5 Å². The van der Waals surface area contributed by atoms with Crippen LogP contribution in [0.5, 0.6) is 5.75 Å². The first-order chi connectivity index (χ1) is 12.0. The molecule has 0 fully saturated rings. The van der Waals surface area contributed by atoms with E-state index >= 15 is 0 Å². The van der Waals surface area contributed by atoms with Crippen molar-refractivity contribution >= 4 is 32.5 Å². The van der Waals surface area contributed by atoms with Gasteiger partial charge in [-0.15, -0.1) is 0 Å². The molecule has 1 N–H and O–H groups in total. The van der Waals surface area contributed by atoms with E-state index in [-0.39, 0.29) is 4.90 Å². The van der Waals surface area contributed by atoms with Crippen LogP contribution in [0.4, 0.5) is 0 Å². The summed E-state index contributed by atoms with van der Waals surface area (Å²) in [5, 5.41) is 5.04. The second kappa shape index (κ2) is 6.33. The quantitative estimate of drug-likeness (QED) is 0.707. The van der Waals surface area contributed by atoms with Crippen molar-refractivity contribution in [3.05, 3.63) is 70.7 Å². The van der Waals surface area contributed by atoms with E-state index in [9.17, 15) is 8.42 Å². The zero-order valence-electron chi connectivity index (χ0n) is 13.3. The van der Waals surface area contributed by atoms with Gasteiger partial charge in [0.1, 0.15) is 10.6 Å². The molecule has 0 saturated heterocycles. The molecule has 0 atom stereocenters. The number of hydrogen-bond donors (Lipinski definition) is 1. The number of fused-ring (bicyclic) bond motifs is 2. The van der Waals surface area contributed by atoms with Crippen molar-refractivity contribution in [3.8, 4) is 5.75 Å². The van der Waals surface area contributed by atoms with Crippen LogP contribution in [0.1, 0.15) is 11.1 Å². The van der Waals surface area contributed by atoms with E-state index in [1.807, 2.05) is 12.1 Å². The Kier molecular flexibility index (Phi) is 4.15. The number of rotatable bonds is 3. The third-order valence-corrected chi connectivity index (χ3v) is 6.00.